The Labute approximate surface area is 82.6 Å². The molecule has 1 atom stereocenters. The van der Waals surface area contributed by atoms with Crippen LogP contribution < -0.4 is 0 Å². The van der Waals surface area contributed by atoms with Gasteiger partial charge in [-0.15, -0.1) is 0 Å². The van der Waals surface area contributed by atoms with Gasteiger partial charge in [0.25, 0.3) is 0 Å². The lowest BCUT2D eigenvalue weighted by Crippen LogP contribution is -2.22. The molecule has 1 nitrogen and oxygen atoms in total. The summed E-state index contributed by atoms with van der Waals surface area (Å²) in [5, 5.41) is 0. The van der Waals surface area contributed by atoms with E-state index in [0.717, 1.165) is 5.56 Å². The molecule has 0 aliphatic rings. The molecule has 0 aliphatic carbocycles. The van der Waals surface area contributed by atoms with Gasteiger partial charge in [-0.25, -0.2) is 0 Å². The SMILES string of the molecule is CC(C)(C)[S@](=O)Cc1ccccc1. The van der Waals surface area contributed by atoms with E-state index >= 15 is 0 Å². The number of benzene rings is 1. The molecule has 1 aromatic carbocycles. The summed E-state index contributed by atoms with van der Waals surface area (Å²) in [5.41, 5.74) is 1.15. The maximum atomic E-state index is 11.7. The van der Waals surface area contributed by atoms with E-state index in [9.17, 15) is 4.21 Å². The standard InChI is InChI=1S/C11H16OS/c1-11(2,3)13(12)9-10-7-5-4-6-8-10/h4-8H,9H2,1-3H3/t13-/m1/s1. The molecule has 0 fully saturated rings. The Hall–Kier alpha value is -0.630. The van der Waals surface area contributed by atoms with E-state index in [4.69, 9.17) is 0 Å². The van der Waals surface area contributed by atoms with Gasteiger partial charge in [0.1, 0.15) is 0 Å². The monoisotopic (exact) mass is 196 g/mol. The predicted octanol–water partition coefficient (Wildman–Crippen LogP) is 2.73. The Morgan fingerprint density at radius 2 is 1.69 bits per heavy atom. The van der Waals surface area contributed by atoms with Crippen LogP contribution in [0.5, 0.6) is 0 Å². The zero-order valence-corrected chi connectivity index (χ0v) is 9.23. The van der Waals surface area contributed by atoms with Crippen molar-refractivity contribution in [2.24, 2.45) is 0 Å². The van der Waals surface area contributed by atoms with E-state index in [-0.39, 0.29) is 4.75 Å². The van der Waals surface area contributed by atoms with Crippen LogP contribution in [-0.2, 0) is 16.6 Å². The van der Waals surface area contributed by atoms with Crippen LogP contribution in [0.2, 0.25) is 0 Å². The Morgan fingerprint density at radius 3 is 2.15 bits per heavy atom. The van der Waals surface area contributed by atoms with E-state index in [1.807, 2.05) is 51.1 Å². The molecule has 0 unspecified atom stereocenters. The molecule has 0 heterocycles. The summed E-state index contributed by atoms with van der Waals surface area (Å²) in [7, 11) is -0.788. The van der Waals surface area contributed by atoms with Gasteiger partial charge in [-0.1, -0.05) is 30.3 Å². The van der Waals surface area contributed by atoms with Gasteiger partial charge in [-0.3, -0.25) is 4.21 Å². The van der Waals surface area contributed by atoms with Crippen LogP contribution in [0.25, 0.3) is 0 Å². The molecule has 2 heteroatoms. The minimum atomic E-state index is -0.788. The molecule has 13 heavy (non-hydrogen) atoms. The highest BCUT2D eigenvalue weighted by atomic mass is 32.2. The molecule has 0 bridgehead atoms. The third-order valence-corrected chi connectivity index (χ3v) is 3.79. The molecule has 0 N–H and O–H groups in total. The fourth-order valence-corrected chi connectivity index (χ4v) is 1.87. The van der Waals surface area contributed by atoms with Gasteiger partial charge in [0, 0.05) is 21.3 Å². The van der Waals surface area contributed by atoms with E-state index in [1.165, 1.54) is 0 Å². The summed E-state index contributed by atoms with van der Waals surface area (Å²) in [6, 6.07) is 9.97. The fourth-order valence-electron chi connectivity index (χ4n) is 0.942. The second-order valence-electron chi connectivity index (χ2n) is 4.09. The van der Waals surface area contributed by atoms with Gasteiger partial charge in [0.2, 0.25) is 0 Å². The average molecular weight is 196 g/mol. The average Bonchev–Trinajstić information content (AvgIpc) is 2.04. The highest BCUT2D eigenvalue weighted by Crippen LogP contribution is 2.15. The molecule has 0 aromatic heterocycles. The summed E-state index contributed by atoms with van der Waals surface area (Å²) < 4.78 is 11.6. The lowest BCUT2D eigenvalue weighted by atomic mass is 10.2. The lowest BCUT2D eigenvalue weighted by Gasteiger charge is -2.17. The molecule has 0 amide bonds. The van der Waals surface area contributed by atoms with Crippen molar-refractivity contribution < 1.29 is 4.21 Å². The van der Waals surface area contributed by atoms with E-state index in [2.05, 4.69) is 0 Å². The fraction of sp³-hybridized carbons (Fsp3) is 0.455. The highest BCUT2D eigenvalue weighted by Gasteiger charge is 2.18. The van der Waals surface area contributed by atoms with Crippen LogP contribution in [-0.4, -0.2) is 8.96 Å². The number of hydrogen-bond donors (Lipinski definition) is 0. The molecular formula is C11H16OS. The Kier molecular flexibility index (Phi) is 3.26. The molecule has 1 aromatic rings. The first-order chi connectivity index (χ1) is 6.00. The predicted molar refractivity (Wildman–Crippen MR) is 58.0 cm³/mol. The molecule has 0 aliphatic heterocycles. The zero-order chi connectivity index (χ0) is 9.90. The van der Waals surface area contributed by atoms with Gasteiger partial charge >= 0.3 is 0 Å². The first-order valence-electron chi connectivity index (χ1n) is 4.42. The molecular weight excluding hydrogens is 180 g/mol. The van der Waals surface area contributed by atoms with Crippen molar-refractivity contribution in [2.45, 2.75) is 31.3 Å². The molecule has 1 rings (SSSR count). The Bertz CT molecular complexity index is 285. The quantitative estimate of drug-likeness (QED) is 0.711. The minimum absolute atomic E-state index is 0.115. The van der Waals surface area contributed by atoms with Crippen molar-refractivity contribution >= 4 is 10.8 Å². The molecule has 0 saturated heterocycles. The zero-order valence-electron chi connectivity index (χ0n) is 8.41. The van der Waals surface area contributed by atoms with Crippen LogP contribution >= 0.6 is 0 Å². The number of rotatable bonds is 2. The summed E-state index contributed by atoms with van der Waals surface area (Å²) in [6.07, 6.45) is 0. The van der Waals surface area contributed by atoms with Crippen LogP contribution in [0.4, 0.5) is 0 Å². The first-order valence-corrected chi connectivity index (χ1v) is 5.74. The third-order valence-electron chi connectivity index (χ3n) is 1.82. The van der Waals surface area contributed by atoms with Crippen molar-refractivity contribution in [1.82, 2.24) is 0 Å². The summed E-state index contributed by atoms with van der Waals surface area (Å²) in [4.78, 5) is 0. The van der Waals surface area contributed by atoms with Crippen molar-refractivity contribution in [1.29, 1.82) is 0 Å². The van der Waals surface area contributed by atoms with E-state index in [0.29, 0.717) is 5.75 Å². The lowest BCUT2D eigenvalue weighted by molar-refractivity contribution is 0.648. The second-order valence-corrected chi connectivity index (χ2v) is 6.29. The van der Waals surface area contributed by atoms with Crippen molar-refractivity contribution in [2.75, 3.05) is 0 Å². The third kappa shape index (κ3) is 3.31. The highest BCUT2D eigenvalue weighted by molar-refractivity contribution is 7.85. The van der Waals surface area contributed by atoms with E-state index < -0.39 is 10.8 Å². The minimum Gasteiger partial charge on any atom is -0.259 e. The van der Waals surface area contributed by atoms with Crippen LogP contribution in [0.3, 0.4) is 0 Å². The van der Waals surface area contributed by atoms with Crippen molar-refractivity contribution in [3.63, 3.8) is 0 Å². The molecule has 0 saturated carbocycles. The number of hydrogen-bond acceptors (Lipinski definition) is 1. The summed E-state index contributed by atoms with van der Waals surface area (Å²) >= 11 is 0. The van der Waals surface area contributed by atoms with Crippen LogP contribution in [0, 0.1) is 0 Å². The molecule has 0 spiro atoms. The van der Waals surface area contributed by atoms with Crippen LogP contribution in [0.1, 0.15) is 26.3 Å². The second kappa shape index (κ2) is 4.05. The van der Waals surface area contributed by atoms with Gasteiger partial charge in [-0.2, -0.15) is 0 Å². The maximum Gasteiger partial charge on any atom is 0.0490 e. The molecule has 72 valence electrons. The largest absolute Gasteiger partial charge is 0.259 e. The van der Waals surface area contributed by atoms with Crippen molar-refractivity contribution in [3.8, 4) is 0 Å². The summed E-state index contributed by atoms with van der Waals surface area (Å²) in [6.45, 7) is 6.02. The van der Waals surface area contributed by atoms with Gasteiger partial charge in [0.05, 0.1) is 0 Å². The smallest absolute Gasteiger partial charge is 0.0490 e. The van der Waals surface area contributed by atoms with Crippen molar-refractivity contribution in [3.05, 3.63) is 35.9 Å². The topological polar surface area (TPSA) is 17.1 Å². The van der Waals surface area contributed by atoms with Gasteiger partial charge < -0.3 is 0 Å². The van der Waals surface area contributed by atoms with Gasteiger partial charge in [0.15, 0.2) is 0 Å². The van der Waals surface area contributed by atoms with E-state index in [1.54, 1.807) is 0 Å². The first kappa shape index (κ1) is 10.5. The Balaban J connectivity index is 2.66. The maximum absolute atomic E-state index is 11.7. The van der Waals surface area contributed by atoms with Crippen LogP contribution in [0.15, 0.2) is 30.3 Å². The summed E-state index contributed by atoms with van der Waals surface area (Å²) in [5.74, 6) is 0.657. The molecule has 0 radical (unpaired) electrons. The normalized spacial score (nSPS) is 14.1. The van der Waals surface area contributed by atoms with Gasteiger partial charge in [-0.05, 0) is 26.3 Å². The Morgan fingerprint density at radius 1 is 1.15 bits per heavy atom.